The van der Waals surface area contributed by atoms with Crippen LogP contribution in [-0.4, -0.2) is 21.6 Å². The molecule has 0 N–H and O–H groups in total. The Labute approximate surface area is 303 Å². The maximum Gasteiger partial charge on any atom is 0.0587 e. The molecule has 11 rings (SSSR count). The van der Waals surface area contributed by atoms with Gasteiger partial charge in [-0.05, 0) is 115 Å². The molecule has 4 aliphatic carbocycles. The predicted octanol–water partition coefficient (Wildman–Crippen LogP) is 12.1. The normalized spacial score (nSPS) is 22.6. The topological polar surface area (TPSA) is 8.17 Å². The molecule has 0 amide bonds. The highest BCUT2D eigenvalue weighted by molar-refractivity contribution is 7.25. The standard InChI is InChI=1S/C48H40N2S/c1-2-10-31(11-3-1)32-18-22-35(23-19-32)49-43-15-7-4-12-37(43)40-28-33(20-25-45(40)49)34-21-26-46-41(29-34)38-13-5-8-16-44(38)50(46)36-24-27-48-42(30-36)39-14-6-9-17-47(39)51-48/h1-6,8-14,16-20,22,24,27-28,30,34-35,45H,7,15,21,23,25-26,29H2. The summed E-state index contributed by atoms with van der Waals surface area (Å²) in [6.07, 6.45) is 25.2. The van der Waals surface area contributed by atoms with Crippen LogP contribution in [0.15, 0.2) is 162 Å². The first-order valence-electron chi connectivity index (χ1n) is 18.9. The number of allylic oxidation sites excluding steroid dienone is 7. The Morgan fingerprint density at radius 3 is 2.47 bits per heavy atom. The molecule has 2 nitrogen and oxygen atoms in total. The number of aromatic nitrogens is 1. The van der Waals surface area contributed by atoms with Crippen molar-refractivity contribution in [3.8, 4) is 5.69 Å². The molecule has 3 heterocycles. The molecular weight excluding hydrogens is 637 g/mol. The summed E-state index contributed by atoms with van der Waals surface area (Å²) in [4.78, 5) is 2.80. The van der Waals surface area contributed by atoms with Crippen LogP contribution in [0.25, 0.3) is 42.3 Å². The van der Waals surface area contributed by atoms with E-state index in [0.29, 0.717) is 18.0 Å². The zero-order valence-corrected chi connectivity index (χ0v) is 29.6. The van der Waals surface area contributed by atoms with Gasteiger partial charge in [-0.25, -0.2) is 0 Å². The van der Waals surface area contributed by atoms with Crippen LogP contribution in [0, 0.1) is 5.92 Å². The van der Waals surface area contributed by atoms with Crippen molar-refractivity contribution in [3.05, 3.63) is 179 Å². The number of benzene rings is 4. The van der Waals surface area contributed by atoms with E-state index in [0.717, 1.165) is 38.5 Å². The van der Waals surface area contributed by atoms with Gasteiger partial charge in [-0.15, -0.1) is 11.3 Å². The second-order valence-electron chi connectivity index (χ2n) is 14.9. The van der Waals surface area contributed by atoms with E-state index in [1.165, 1.54) is 65.6 Å². The number of hydrogen-bond donors (Lipinski definition) is 0. The number of para-hydroxylation sites is 1. The molecule has 0 radical (unpaired) electrons. The fourth-order valence-corrected chi connectivity index (χ4v) is 11.0. The Morgan fingerprint density at radius 2 is 1.57 bits per heavy atom. The van der Waals surface area contributed by atoms with Gasteiger partial charge >= 0.3 is 0 Å². The Morgan fingerprint density at radius 1 is 0.725 bits per heavy atom. The van der Waals surface area contributed by atoms with Crippen molar-refractivity contribution in [2.24, 2.45) is 5.92 Å². The van der Waals surface area contributed by atoms with Crippen molar-refractivity contribution in [1.82, 2.24) is 9.47 Å². The summed E-state index contributed by atoms with van der Waals surface area (Å²) < 4.78 is 5.32. The van der Waals surface area contributed by atoms with Gasteiger partial charge in [0.15, 0.2) is 0 Å². The summed E-state index contributed by atoms with van der Waals surface area (Å²) in [6, 6.07) is 36.8. The number of nitrogens with zero attached hydrogens (tertiary/aromatic N) is 2. The first kappa shape index (κ1) is 29.6. The summed E-state index contributed by atoms with van der Waals surface area (Å²) in [7, 11) is 0. The van der Waals surface area contributed by atoms with E-state index < -0.39 is 0 Å². The van der Waals surface area contributed by atoms with E-state index in [2.05, 4.69) is 149 Å². The number of hydrogen-bond acceptors (Lipinski definition) is 2. The fraction of sp³-hybridized carbons (Fsp3) is 0.208. The molecule has 3 unspecified atom stereocenters. The quantitative estimate of drug-likeness (QED) is 0.180. The van der Waals surface area contributed by atoms with Crippen LogP contribution in [0.2, 0.25) is 0 Å². The van der Waals surface area contributed by atoms with Crippen molar-refractivity contribution in [2.75, 3.05) is 0 Å². The largest absolute Gasteiger partial charge is 0.360 e. The van der Waals surface area contributed by atoms with Crippen LogP contribution in [0.3, 0.4) is 0 Å². The van der Waals surface area contributed by atoms with Crippen LogP contribution in [0.4, 0.5) is 0 Å². The molecule has 0 spiro atoms. The zero-order valence-electron chi connectivity index (χ0n) is 28.8. The van der Waals surface area contributed by atoms with Gasteiger partial charge < -0.3 is 9.47 Å². The third-order valence-electron chi connectivity index (χ3n) is 12.3. The number of thiophene rings is 1. The van der Waals surface area contributed by atoms with E-state index in [9.17, 15) is 0 Å². The van der Waals surface area contributed by atoms with Crippen LogP contribution in [0.5, 0.6) is 0 Å². The molecule has 3 heteroatoms. The van der Waals surface area contributed by atoms with Crippen LogP contribution in [-0.2, 0) is 12.8 Å². The van der Waals surface area contributed by atoms with E-state index in [-0.39, 0.29) is 0 Å². The first-order valence-corrected chi connectivity index (χ1v) is 19.7. The minimum atomic E-state index is 0.412. The third kappa shape index (κ3) is 4.67. The molecule has 0 saturated carbocycles. The second-order valence-corrected chi connectivity index (χ2v) is 16.0. The van der Waals surface area contributed by atoms with Crippen molar-refractivity contribution in [1.29, 1.82) is 0 Å². The van der Waals surface area contributed by atoms with Gasteiger partial charge in [0.25, 0.3) is 0 Å². The minimum absolute atomic E-state index is 0.412. The summed E-state index contributed by atoms with van der Waals surface area (Å²) in [5.41, 5.74) is 14.6. The van der Waals surface area contributed by atoms with Crippen molar-refractivity contribution in [2.45, 2.75) is 57.0 Å². The van der Waals surface area contributed by atoms with E-state index >= 15 is 0 Å². The van der Waals surface area contributed by atoms with Gasteiger partial charge in [-0.1, -0.05) is 109 Å². The third-order valence-corrected chi connectivity index (χ3v) is 13.4. The van der Waals surface area contributed by atoms with Gasteiger partial charge in [0, 0.05) is 42.6 Å². The Balaban J connectivity index is 0.914. The molecule has 0 bridgehead atoms. The second kappa shape index (κ2) is 11.7. The van der Waals surface area contributed by atoms with E-state index in [1.54, 1.807) is 22.4 Å². The molecule has 6 aromatic rings. The highest BCUT2D eigenvalue weighted by Crippen LogP contribution is 2.48. The molecule has 0 fully saturated rings. The predicted molar refractivity (Wildman–Crippen MR) is 215 cm³/mol. The van der Waals surface area contributed by atoms with E-state index in [4.69, 9.17) is 0 Å². The lowest BCUT2D eigenvalue weighted by molar-refractivity contribution is 0.246. The Bertz CT molecular complexity index is 2580. The summed E-state index contributed by atoms with van der Waals surface area (Å²) in [5.74, 6) is 0.546. The molecular formula is C48H40N2S. The molecule has 1 aliphatic heterocycles. The first-order chi connectivity index (χ1) is 25.3. The molecule has 4 aromatic carbocycles. The average Bonchev–Trinajstić information content (AvgIpc) is 3.85. The van der Waals surface area contributed by atoms with Crippen molar-refractivity contribution >= 4 is 48.0 Å². The van der Waals surface area contributed by atoms with Crippen molar-refractivity contribution in [3.63, 3.8) is 0 Å². The summed E-state index contributed by atoms with van der Waals surface area (Å²) in [5, 5.41) is 4.16. The summed E-state index contributed by atoms with van der Waals surface area (Å²) >= 11 is 1.90. The fourth-order valence-electron chi connectivity index (χ4n) is 9.92. The zero-order chi connectivity index (χ0) is 33.5. The Kier molecular flexibility index (Phi) is 6.80. The van der Waals surface area contributed by atoms with Crippen LogP contribution < -0.4 is 0 Å². The van der Waals surface area contributed by atoms with E-state index in [1.807, 2.05) is 11.3 Å². The van der Waals surface area contributed by atoms with Gasteiger partial charge in [0.05, 0.1) is 17.6 Å². The lowest BCUT2D eigenvalue weighted by Gasteiger charge is -2.38. The lowest BCUT2D eigenvalue weighted by Crippen LogP contribution is -2.40. The summed E-state index contributed by atoms with van der Waals surface area (Å²) in [6.45, 7) is 0. The molecule has 51 heavy (non-hydrogen) atoms. The number of fused-ring (bicyclic) bond motifs is 8. The molecule has 248 valence electrons. The highest BCUT2D eigenvalue weighted by Gasteiger charge is 2.40. The maximum absolute atomic E-state index is 2.80. The van der Waals surface area contributed by atoms with Crippen molar-refractivity contribution < 1.29 is 0 Å². The molecule has 0 saturated heterocycles. The molecule has 5 aliphatic rings. The SMILES string of the molecule is C1=CC2=C(CC1)N(C1C=CC(c3ccccc3)=CC1)C1CC=C(C3CCc4c(c5ccccc5n4-c4ccc5sc6ccccc6c5c4)C3)C=C21. The average molecular weight is 677 g/mol. The van der Waals surface area contributed by atoms with Gasteiger partial charge in [-0.3, -0.25) is 0 Å². The van der Waals surface area contributed by atoms with Gasteiger partial charge in [0.1, 0.15) is 0 Å². The highest BCUT2D eigenvalue weighted by atomic mass is 32.1. The van der Waals surface area contributed by atoms with Crippen LogP contribution in [0.1, 0.15) is 48.9 Å². The number of rotatable bonds is 4. The molecule has 3 atom stereocenters. The van der Waals surface area contributed by atoms with Crippen LogP contribution >= 0.6 is 11.3 Å². The minimum Gasteiger partial charge on any atom is -0.360 e. The maximum atomic E-state index is 2.80. The molecule has 2 aromatic heterocycles. The lowest BCUT2D eigenvalue weighted by atomic mass is 9.77. The Hall–Kier alpha value is -5.12. The monoisotopic (exact) mass is 676 g/mol. The van der Waals surface area contributed by atoms with Gasteiger partial charge in [-0.2, -0.15) is 0 Å². The smallest absolute Gasteiger partial charge is 0.0587 e. The van der Waals surface area contributed by atoms with Gasteiger partial charge in [0.2, 0.25) is 0 Å².